The van der Waals surface area contributed by atoms with Crippen LogP contribution in [0, 0.1) is 5.92 Å². The summed E-state index contributed by atoms with van der Waals surface area (Å²) >= 11 is 0. The fourth-order valence-electron chi connectivity index (χ4n) is 5.94. The molecule has 3 aromatic rings. The first kappa shape index (κ1) is 23.9. The zero-order chi connectivity index (χ0) is 24.2. The molecule has 5 rings (SSSR count). The molecule has 184 valence electrons. The summed E-state index contributed by atoms with van der Waals surface area (Å²) in [6.07, 6.45) is 10.1. The number of likely N-dealkylation sites (N-methyl/N-ethyl adjacent to an activating group) is 1. The van der Waals surface area contributed by atoms with Crippen molar-refractivity contribution in [1.82, 2.24) is 14.8 Å². The van der Waals surface area contributed by atoms with Crippen molar-refractivity contribution in [2.24, 2.45) is 5.92 Å². The van der Waals surface area contributed by atoms with Gasteiger partial charge in [0.15, 0.2) is 0 Å². The number of hydrogen-bond donors (Lipinski definition) is 1. The molecule has 2 aliphatic rings. The van der Waals surface area contributed by atoms with Crippen LogP contribution in [0.4, 0.5) is 0 Å². The summed E-state index contributed by atoms with van der Waals surface area (Å²) < 4.78 is 2.41. The van der Waals surface area contributed by atoms with Crippen LogP contribution < -0.4 is 5.32 Å². The average molecular weight is 470 g/mol. The summed E-state index contributed by atoms with van der Waals surface area (Å²) in [5, 5.41) is 3.13. The lowest BCUT2D eigenvalue weighted by Crippen LogP contribution is -2.39. The zero-order valence-corrected chi connectivity index (χ0v) is 21.3. The molecule has 1 heterocycles. The molecule has 1 atom stereocenters. The van der Waals surface area contributed by atoms with E-state index in [4.69, 9.17) is 0 Å². The highest BCUT2D eigenvalue weighted by atomic mass is 16.1. The predicted octanol–water partition coefficient (Wildman–Crippen LogP) is 6.26. The van der Waals surface area contributed by atoms with Crippen molar-refractivity contribution in [3.63, 3.8) is 0 Å². The number of carbonyl (C=O) groups is 1. The van der Waals surface area contributed by atoms with E-state index >= 15 is 0 Å². The van der Waals surface area contributed by atoms with Gasteiger partial charge < -0.3 is 14.8 Å². The Morgan fingerprint density at radius 3 is 2.49 bits per heavy atom. The molecule has 4 heteroatoms. The Bertz CT molecular complexity index is 1130. The van der Waals surface area contributed by atoms with E-state index in [1.165, 1.54) is 61.0 Å². The quantitative estimate of drug-likeness (QED) is 0.443. The Hall–Kier alpha value is -2.85. The Balaban J connectivity index is 1.30. The molecule has 2 aliphatic carbocycles. The van der Waals surface area contributed by atoms with Crippen LogP contribution >= 0.6 is 0 Å². The molecule has 0 saturated heterocycles. The number of nitrogens with one attached hydrogen (secondary N) is 1. The summed E-state index contributed by atoms with van der Waals surface area (Å²) in [6, 6.07) is 21.9. The number of fused-ring (bicyclic) bond motifs is 1. The number of rotatable bonds is 7. The number of hydrogen-bond acceptors (Lipinski definition) is 2. The van der Waals surface area contributed by atoms with E-state index in [1.807, 2.05) is 12.1 Å². The van der Waals surface area contributed by atoms with Gasteiger partial charge in [0, 0.05) is 36.1 Å². The summed E-state index contributed by atoms with van der Waals surface area (Å²) in [7, 11) is 2.19. The van der Waals surface area contributed by atoms with E-state index in [1.54, 1.807) is 0 Å². The third kappa shape index (κ3) is 5.38. The minimum absolute atomic E-state index is 0.0141. The molecule has 0 bridgehead atoms. The van der Waals surface area contributed by atoms with E-state index in [0.717, 1.165) is 36.6 Å². The smallest absolute Gasteiger partial charge is 0.251 e. The third-order valence-electron chi connectivity index (χ3n) is 8.04. The molecule has 1 N–H and O–H groups in total. The van der Waals surface area contributed by atoms with Gasteiger partial charge in [0.05, 0.1) is 5.69 Å². The van der Waals surface area contributed by atoms with Crippen molar-refractivity contribution >= 4 is 5.91 Å². The van der Waals surface area contributed by atoms with Crippen molar-refractivity contribution in [3.05, 3.63) is 77.5 Å². The van der Waals surface area contributed by atoms with Gasteiger partial charge in [-0.1, -0.05) is 56.5 Å². The van der Waals surface area contributed by atoms with Crippen molar-refractivity contribution in [2.75, 3.05) is 20.1 Å². The van der Waals surface area contributed by atoms with Gasteiger partial charge in [-0.05, 0) is 86.5 Å². The maximum absolute atomic E-state index is 12.8. The first-order valence-corrected chi connectivity index (χ1v) is 13.5. The number of aromatic nitrogens is 1. The van der Waals surface area contributed by atoms with E-state index in [9.17, 15) is 4.79 Å². The van der Waals surface area contributed by atoms with Crippen molar-refractivity contribution in [3.8, 4) is 16.9 Å². The SMILES string of the molecule is CC1CCc2c(cc(-c3ccccc3)n2-c2ccc(C(=O)NCCN(C)C3CCCCC3)cc2)C1. The van der Waals surface area contributed by atoms with Crippen LogP contribution in [-0.4, -0.2) is 41.6 Å². The van der Waals surface area contributed by atoms with Gasteiger partial charge in [0.1, 0.15) is 0 Å². The molecule has 1 aromatic heterocycles. The van der Waals surface area contributed by atoms with Gasteiger partial charge >= 0.3 is 0 Å². The third-order valence-corrected chi connectivity index (χ3v) is 8.04. The van der Waals surface area contributed by atoms with Crippen LogP contribution in [0.5, 0.6) is 0 Å². The molecule has 35 heavy (non-hydrogen) atoms. The van der Waals surface area contributed by atoms with Crippen molar-refractivity contribution in [1.29, 1.82) is 0 Å². The number of carbonyl (C=O) groups excluding carboxylic acids is 1. The molecule has 1 fully saturated rings. The Morgan fingerprint density at radius 2 is 1.74 bits per heavy atom. The normalized spacial score (nSPS) is 18.4. The second-order valence-corrected chi connectivity index (χ2v) is 10.6. The first-order chi connectivity index (χ1) is 17.1. The molecule has 2 aromatic carbocycles. The lowest BCUT2D eigenvalue weighted by atomic mass is 9.89. The number of amides is 1. The summed E-state index contributed by atoms with van der Waals surface area (Å²) in [4.78, 5) is 15.2. The topological polar surface area (TPSA) is 37.3 Å². The summed E-state index contributed by atoms with van der Waals surface area (Å²) in [5.41, 5.74) is 7.22. The Labute approximate surface area is 210 Å². The molecule has 1 amide bonds. The predicted molar refractivity (Wildman–Crippen MR) is 144 cm³/mol. The lowest BCUT2D eigenvalue weighted by Gasteiger charge is -2.31. The highest BCUT2D eigenvalue weighted by Gasteiger charge is 2.23. The maximum atomic E-state index is 12.8. The van der Waals surface area contributed by atoms with Gasteiger partial charge in [0.25, 0.3) is 5.91 Å². The summed E-state index contributed by atoms with van der Waals surface area (Å²) in [6.45, 7) is 3.95. The minimum Gasteiger partial charge on any atom is -0.351 e. The second kappa shape index (κ2) is 10.8. The number of benzene rings is 2. The average Bonchev–Trinajstić information content (AvgIpc) is 3.28. The molecule has 0 radical (unpaired) electrons. The lowest BCUT2D eigenvalue weighted by molar-refractivity contribution is 0.0944. The van der Waals surface area contributed by atoms with Crippen LogP contribution in [0.1, 0.15) is 67.1 Å². The summed E-state index contributed by atoms with van der Waals surface area (Å²) in [5.74, 6) is 0.741. The maximum Gasteiger partial charge on any atom is 0.251 e. The Kier molecular flexibility index (Phi) is 7.38. The van der Waals surface area contributed by atoms with Gasteiger partial charge in [-0.25, -0.2) is 0 Å². The van der Waals surface area contributed by atoms with Crippen LogP contribution in [0.15, 0.2) is 60.7 Å². The Morgan fingerprint density at radius 1 is 1.00 bits per heavy atom. The van der Waals surface area contributed by atoms with Crippen LogP contribution in [0.2, 0.25) is 0 Å². The van der Waals surface area contributed by atoms with Crippen molar-refractivity contribution < 1.29 is 4.79 Å². The molecule has 1 unspecified atom stereocenters. The molecule has 0 aliphatic heterocycles. The van der Waals surface area contributed by atoms with E-state index in [-0.39, 0.29) is 5.91 Å². The second-order valence-electron chi connectivity index (χ2n) is 10.6. The molecule has 4 nitrogen and oxygen atoms in total. The molecular formula is C31H39N3O. The van der Waals surface area contributed by atoms with Crippen LogP contribution in [0.25, 0.3) is 16.9 Å². The standard InChI is InChI=1S/C31H39N3O/c1-23-13-18-29-26(21-23)22-30(24-9-5-3-6-10-24)34(29)28-16-14-25(15-17-28)31(35)32-19-20-33(2)27-11-7-4-8-12-27/h3,5-6,9-10,14-17,22-23,27H,4,7-8,11-13,18-21H2,1-2H3,(H,32,35). The van der Waals surface area contributed by atoms with Crippen LogP contribution in [0.3, 0.4) is 0 Å². The highest BCUT2D eigenvalue weighted by Crippen LogP contribution is 2.35. The monoisotopic (exact) mass is 469 g/mol. The fraction of sp³-hybridized carbons (Fsp3) is 0.452. The van der Waals surface area contributed by atoms with Crippen molar-refractivity contribution in [2.45, 2.75) is 64.3 Å². The first-order valence-electron chi connectivity index (χ1n) is 13.5. The minimum atomic E-state index is 0.0141. The fourth-order valence-corrected chi connectivity index (χ4v) is 5.94. The molecule has 0 spiro atoms. The van der Waals surface area contributed by atoms with Gasteiger partial charge in [-0.2, -0.15) is 0 Å². The molecule has 1 saturated carbocycles. The van der Waals surface area contributed by atoms with Gasteiger partial charge in [-0.15, -0.1) is 0 Å². The number of nitrogens with zero attached hydrogens (tertiary/aromatic N) is 2. The van der Waals surface area contributed by atoms with Gasteiger partial charge in [-0.3, -0.25) is 4.79 Å². The highest BCUT2D eigenvalue weighted by molar-refractivity contribution is 5.94. The molecular weight excluding hydrogens is 430 g/mol. The van der Waals surface area contributed by atoms with Gasteiger partial charge in [0.2, 0.25) is 0 Å². The van der Waals surface area contributed by atoms with E-state index < -0.39 is 0 Å². The van der Waals surface area contributed by atoms with E-state index in [0.29, 0.717) is 12.6 Å². The van der Waals surface area contributed by atoms with Crippen LogP contribution in [-0.2, 0) is 12.8 Å². The largest absolute Gasteiger partial charge is 0.351 e. The van der Waals surface area contributed by atoms with E-state index in [2.05, 4.69) is 77.3 Å². The zero-order valence-electron chi connectivity index (χ0n) is 21.3.